The average molecular weight is 299 g/mol. The number of aliphatic carboxylic acids is 1. The average Bonchev–Trinajstić information content (AvgIpc) is 2.92. The first-order valence-electron chi connectivity index (χ1n) is 6.81. The van der Waals surface area contributed by atoms with E-state index in [1.54, 1.807) is 17.2 Å². The Labute approximate surface area is 123 Å². The van der Waals surface area contributed by atoms with Crippen LogP contribution in [0.3, 0.4) is 0 Å². The summed E-state index contributed by atoms with van der Waals surface area (Å²) in [5.74, 6) is -1.48. The minimum atomic E-state index is -0.838. The fourth-order valence-electron chi connectivity index (χ4n) is 2.70. The van der Waals surface area contributed by atoms with Crippen LogP contribution in [0, 0.1) is 11.8 Å². The Morgan fingerprint density at radius 1 is 1.45 bits per heavy atom. The first-order chi connectivity index (χ1) is 9.43. The van der Waals surface area contributed by atoms with Gasteiger partial charge in [-0.05, 0) is 18.4 Å². The van der Waals surface area contributed by atoms with Gasteiger partial charge in [0.1, 0.15) is 5.69 Å². The Bertz CT molecular complexity index is 526. The van der Waals surface area contributed by atoms with Gasteiger partial charge in [-0.3, -0.25) is 9.59 Å². The number of aromatic nitrogens is 1. The second kappa shape index (κ2) is 5.87. The van der Waals surface area contributed by atoms with Gasteiger partial charge in [-0.1, -0.05) is 25.4 Å². The maximum atomic E-state index is 12.5. The van der Waals surface area contributed by atoms with Crippen LogP contribution in [-0.2, 0) is 11.3 Å². The molecule has 6 heteroatoms. The third-order valence-corrected chi connectivity index (χ3v) is 3.97. The van der Waals surface area contributed by atoms with Crippen molar-refractivity contribution in [1.29, 1.82) is 0 Å². The summed E-state index contributed by atoms with van der Waals surface area (Å²) in [5.41, 5.74) is 0.537. The van der Waals surface area contributed by atoms with Crippen molar-refractivity contribution in [3.05, 3.63) is 23.0 Å². The van der Waals surface area contributed by atoms with E-state index in [1.807, 2.05) is 18.4 Å². The number of carboxylic acids is 1. The Morgan fingerprint density at radius 2 is 2.15 bits per heavy atom. The second-order valence-corrected chi connectivity index (χ2v) is 5.81. The van der Waals surface area contributed by atoms with Crippen LogP contribution in [0.5, 0.6) is 0 Å². The lowest BCUT2D eigenvalue weighted by Crippen LogP contribution is -2.31. The zero-order valence-corrected chi connectivity index (χ0v) is 12.4. The number of likely N-dealkylation sites (tertiary alicyclic amines) is 1. The zero-order chi connectivity index (χ0) is 14.9. The van der Waals surface area contributed by atoms with Crippen LogP contribution in [0.25, 0.3) is 0 Å². The normalized spacial score (nSPS) is 22.2. The van der Waals surface area contributed by atoms with E-state index in [9.17, 15) is 9.59 Å². The van der Waals surface area contributed by atoms with Crippen molar-refractivity contribution in [2.45, 2.75) is 26.8 Å². The van der Waals surface area contributed by atoms with Crippen LogP contribution < -0.4 is 0 Å². The molecule has 2 heterocycles. The first kappa shape index (κ1) is 14.9. The molecule has 0 bridgehead atoms. The zero-order valence-electron chi connectivity index (χ0n) is 11.7. The van der Waals surface area contributed by atoms with E-state index in [-0.39, 0.29) is 18.4 Å². The smallest absolute Gasteiger partial charge is 0.308 e. The number of amides is 1. The van der Waals surface area contributed by atoms with Gasteiger partial charge in [0.15, 0.2) is 0 Å². The fraction of sp³-hybridized carbons (Fsp3) is 0.571. The molecule has 1 aliphatic rings. The molecule has 1 aliphatic heterocycles. The van der Waals surface area contributed by atoms with Gasteiger partial charge >= 0.3 is 5.97 Å². The summed E-state index contributed by atoms with van der Waals surface area (Å²) in [5, 5.41) is 9.66. The maximum absolute atomic E-state index is 12.5. The standard InChI is InChI=1S/C14H19ClN2O3/c1-3-4-16-7-10(15)5-12(16)13(18)17-6-9(2)11(8-17)14(19)20/h5,7,9,11H,3-4,6,8H2,1-2H3,(H,19,20)/t9-,11-/m1/s1. The predicted octanol–water partition coefficient (Wildman–Crippen LogP) is 2.34. The highest BCUT2D eigenvalue weighted by Gasteiger charge is 2.37. The van der Waals surface area contributed by atoms with Crippen LogP contribution in [0.4, 0.5) is 0 Å². The third kappa shape index (κ3) is 2.82. The third-order valence-electron chi connectivity index (χ3n) is 3.76. The van der Waals surface area contributed by atoms with E-state index in [0.717, 1.165) is 13.0 Å². The van der Waals surface area contributed by atoms with Gasteiger partial charge in [0.25, 0.3) is 5.91 Å². The molecule has 2 rings (SSSR count). The van der Waals surface area contributed by atoms with Gasteiger partial charge in [0, 0.05) is 25.8 Å². The molecule has 1 aromatic rings. The van der Waals surface area contributed by atoms with E-state index < -0.39 is 11.9 Å². The summed E-state index contributed by atoms with van der Waals surface area (Å²) in [7, 11) is 0. The summed E-state index contributed by atoms with van der Waals surface area (Å²) >= 11 is 5.97. The molecule has 1 N–H and O–H groups in total. The quantitative estimate of drug-likeness (QED) is 0.928. The summed E-state index contributed by atoms with van der Waals surface area (Å²) in [6.45, 7) is 5.36. The molecule has 0 radical (unpaired) electrons. The number of rotatable bonds is 4. The van der Waals surface area contributed by atoms with E-state index in [0.29, 0.717) is 17.3 Å². The number of carboxylic acid groups (broad SMARTS) is 1. The van der Waals surface area contributed by atoms with Crippen LogP contribution in [-0.4, -0.2) is 39.5 Å². The number of aryl methyl sites for hydroxylation is 1. The molecular formula is C14H19ClN2O3. The topological polar surface area (TPSA) is 62.5 Å². The summed E-state index contributed by atoms with van der Waals surface area (Å²) in [6.07, 6.45) is 2.64. The van der Waals surface area contributed by atoms with Crippen molar-refractivity contribution in [3.63, 3.8) is 0 Å². The SMILES string of the molecule is CCCn1cc(Cl)cc1C(=O)N1C[C@@H](C)[C@H](C(=O)O)C1. The molecule has 1 fully saturated rings. The number of halogens is 1. The highest BCUT2D eigenvalue weighted by Crippen LogP contribution is 2.26. The lowest BCUT2D eigenvalue weighted by atomic mass is 9.99. The Balaban J connectivity index is 2.18. The molecule has 20 heavy (non-hydrogen) atoms. The predicted molar refractivity (Wildman–Crippen MR) is 75.9 cm³/mol. The van der Waals surface area contributed by atoms with Crippen LogP contribution in [0.2, 0.25) is 5.02 Å². The monoisotopic (exact) mass is 298 g/mol. The molecule has 1 amide bonds. The van der Waals surface area contributed by atoms with Crippen molar-refractivity contribution in [2.24, 2.45) is 11.8 Å². The molecule has 0 saturated carbocycles. The van der Waals surface area contributed by atoms with E-state index in [1.165, 1.54) is 0 Å². The molecule has 5 nitrogen and oxygen atoms in total. The minimum Gasteiger partial charge on any atom is -0.481 e. The number of carbonyl (C=O) groups excluding carboxylic acids is 1. The molecule has 0 spiro atoms. The van der Waals surface area contributed by atoms with Crippen molar-refractivity contribution in [1.82, 2.24) is 9.47 Å². The van der Waals surface area contributed by atoms with Crippen molar-refractivity contribution in [2.75, 3.05) is 13.1 Å². The molecular weight excluding hydrogens is 280 g/mol. The van der Waals surface area contributed by atoms with Crippen LogP contribution in [0.15, 0.2) is 12.3 Å². The highest BCUT2D eigenvalue weighted by atomic mass is 35.5. The Kier molecular flexibility index (Phi) is 4.38. The van der Waals surface area contributed by atoms with E-state index in [2.05, 4.69) is 0 Å². The van der Waals surface area contributed by atoms with Gasteiger partial charge in [-0.15, -0.1) is 0 Å². The first-order valence-corrected chi connectivity index (χ1v) is 7.19. The van der Waals surface area contributed by atoms with Crippen molar-refractivity contribution in [3.8, 4) is 0 Å². The minimum absolute atomic E-state index is 0.0264. The molecule has 0 unspecified atom stereocenters. The highest BCUT2D eigenvalue weighted by molar-refractivity contribution is 6.31. The lowest BCUT2D eigenvalue weighted by Gasteiger charge is -2.17. The van der Waals surface area contributed by atoms with E-state index in [4.69, 9.17) is 16.7 Å². The van der Waals surface area contributed by atoms with Gasteiger partial charge < -0.3 is 14.6 Å². The maximum Gasteiger partial charge on any atom is 0.308 e. The van der Waals surface area contributed by atoms with Crippen molar-refractivity contribution >= 4 is 23.5 Å². The number of carbonyl (C=O) groups is 2. The Morgan fingerprint density at radius 3 is 2.70 bits per heavy atom. The molecule has 0 aliphatic carbocycles. The van der Waals surface area contributed by atoms with Gasteiger partial charge in [0.05, 0.1) is 10.9 Å². The molecule has 1 aromatic heterocycles. The molecule has 2 atom stereocenters. The summed E-state index contributed by atoms with van der Waals surface area (Å²) < 4.78 is 1.84. The largest absolute Gasteiger partial charge is 0.481 e. The van der Waals surface area contributed by atoms with Gasteiger partial charge in [-0.25, -0.2) is 0 Å². The fourth-order valence-corrected chi connectivity index (χ4v) is 2.92. The van der Waals surface area contributed by atoms with Gasteiger partial charge in [-0.2, -0.15) is 0 Å². The second-order valence-electron chi connectivity index (χ2n) is 5.37. The summed E-state index contributed by atoms with van der Waals surface area (Å²) in [4.78, 5) is 25.3. The van der Waals surface area contributed by atoms with Crippen molar-refractivity contribution < 1.29 is 14.7 Å². The molecule has 0 aromatic carbocycles. The molecule has 1 saturated heterocycles. The van der Waals surface area contributed by atoms with E-state index >= 15 is 0 Å². The lowest BCUT2D eigenvalue weighted by molar-refractivity contribution is -0.142. The van der Waals surface area contributed by atoms with Gasteiger partial charge in [0.2, 0.25) is 0 Å². The molecule has 110 valence electrons. The Hall–Kier alpha value is -1.49. The van der Waals surface area contributed by atoms with Crippen LogP contribution in [0.1, 0.15) is 30.8 Å². The number of hydrogen-bond donors (Lipinski definition) is 1. The van der Waals surface area contributed by atoms with Crippen LogP contribution >= 0.6 is 11.6 Å². The number of nitrogens with zero attached hydrogens (tertiary/aromatic N) is 2. The summed E-state index contributed by atoms with van der Waals surface area (Å²) in [6, 6.07) is 1.65. The number of hydrogen-bond acceptors (Lipinski definition) is 2.